The van der Waals surface area contributed by atoms with E-state index < -0.39 is 0 Å². The number of nitrogens with zero attached hydrogens (tertiary/aromatic N) is 2. The van der Waals surface area contributed by atoms with Gasteiger partial charge >= 0.3 is 0 Å². The lowest BCUT2D eigenvalue weighted by Crippen LogP contribution is -2.43. The fourth-order valence-electron chi connectivity index (χ4n) is 4.05. The lowest BCUT2D eigenvalue weighted by atomic mass is 9.99. The molecule has 0 bridgehead atoms. The van der Waals surface area contributed by atoms with E-state index in [2.05, 4.69) is 38.6 Å². The number of methoxy groups -OCH3 is 2. The molecule has 1 aliphatic heterocycles. The molecule has 7 heteroatoms. The monoisotopic (exact) mass is 401 g/mol. The molecule has 1 saturated heterocycles. The Morgan fingerprint density at radius 3 is 2.83 bits per heavy atom. The third-order valence-electron chi connectivity index (χ3n) is 5.60. The summed E-state index contributed by atoms with van der Waals surface area (Å²) in [5.74, 6) is 3.22. The zero-order chi connectivity index (χ0) is 20.6. The zero-order valence-electron chi connectivity index (χ0n) is 18.2. The van der Waals surface area contributed by atoms with Crippen molar-refractivity contribution in [2.75, 3.05) is 54.5 Å². The highest BCUT2D eigenvalue weighted by Gasteiger charge is 2.17. The highest BCUT2D eigenvalue weighted by molar-refractivity contribution is 5.88. The molecule has 0 spiro atoms. The maximum Gasteiger partial charge on any atom is 0.190 e. The predicted molar refractivity (Wildman–Crippen MR) is 119 cm³/mol. The third-order valence-corrected chi connectivity index (χ3v) is 5.60. The number of benzene rings is 1. The first-order valence-electron chi connectivity index (χ1n) is 10.5. The molecule has 3 rings (SSSR count). The number of piperidine rings is 1. The van der Waals surface area contributed by atoms with E-state index in [0.717, 1.165) is 54.3 Å². The zero-order valence-corrected chi connectivity index (χ0v) is 18.2. The van der Waals surface area contributed by atoms with Crippen molar-refractivity contribution in [2.45, 2.75) is 25.7 Å². The van der Waals surface area contributed by atoms with Crippen molar-refractivity contribution in [2.24, 2.45) is 10.9 Å². The Morgan fingerprint density at radius 1 is 1.24 bits per heavy atom. The third kappa shape index (κ3) is 5.79. The van der Waals surface area contributed by atoms with Crippen LogP contribution in [0.5, 0.6) is 11.5 Å². The van der Waals surface area contributed by atoms with Crippen LogP contribution in [0.25, 0.3) is 10.9 Å². The average Bonchev–Trinajstić information content (AvgIpc) is 3.15. The normalized spacial score (nSPS) is 18.1. The van der Waals surface area contributed by atoms with E-state index >= 15 is 0 Å². The van der Waals surface area contributed by atoms with Crippen molar-refractivity contribution in [1.29, 1.82) is 0 Å². The molecular weight excluding hydrogens is 366 g/mol. The minimum atomic E-state index is 0.700. The van der Waals surface area contributed by atoms with Gasteiger partial charge in [0, 0.05) is 49.9 Å². The van der Waals surface area contributed by atoms with Crippen LogP contribution in [-0.4, -0.2) is 70.3 Å². The van der Waals surface area contributed by atoms with Crippen molar-refractivity contribution in [3.63, 3.8) is 0 Å². The number of aromatic nitrogens is 1. The molecule has 1 unspecified atom stereocenters. The molecule has 0 amide bonds. The van der Waals surface area contributed by atoms with Gasteiger partial charge in [0.15, 0.2) is 5.96 Å². The second kappa shape index (κ2) is 10.4. The summed E-state index contributed by atoms with van der Waals surface area (Å²) in [6.07, 6.45) is 4.55. The van der Waals surface area contributed by atoms with Crippen LogP contribution < -0.4 is 20.1 Å². The number of ether oxygens (including phenoxy) is 2. The maximum absolute atomic E-state index is 5.50. The molecule has 160 valence electrons. The molecule has 0 radical (unpaired) electrons. The van der Waals surface area contributed by atoms with Gasteiger partial charge in [0.1, 0.15) is 11.5 Å². The summed E-state index contributed by atoms with van der Waals surface area (Å²) in [7, 11) is 7.40. The first-order chi connectivity index (χ1) is 14.1. The number of fused-ring (bicyclic) bond motifs is 1. The van der Waals surface area contributed by atoms with E-state index in [1.807, 2.05) is 19.2 Å². The van der Waals surface area contributed by atoms with Crippen LogP contribution in [0.15, 0.2) is 23.2 Å². The maximum atomic E-state index is 5.50. The summed E-state index contributed by atoms with van der Waals surface area (Å²) in [6.45, 7) is 4.24. The lowest BCUT2D eigenvalue weighted by molar-refractivity contribution is 0.210. The van der Waals surface area contributed by atoms with Crippen LogP contribution in [-0.2, 0) is 6.42 Å². The number of rotatable bonds is 8. The molecule has 2 heterocycles. The van der Waals surface area contributed by atoms with Gasteiger partial charge in [0.2, 0.25) is 0 Å². The van der Waals surface area contributed by atoms with Gasteiger partial charge in [0.25, 0.3) is 0 Å². The second-order valence-corrected chi connectivity index (χ2v) is 7.84. The van der Waals surface area contributed by atoms with Crippen LogP contribution >= 0.6 is 0 Å². The highest BCUT2D eigenvalue weighted by Crippen LogP contribution is 2.31. The smallest absolute Gasteiger partial charge is 0.190 e. The number of nitrogens with one attached hydrogen (secondary N) is 3. The molecule has 0 aliphatic carbocycles. The largest absolute Gasteiger partial charge is 0.497 e. The number of hydrogen-bond acceptors (Lipinski definition) is 4. The van der Waals surface area contributed by atoms with Gasteiger partial charge in [-0.25, -0.2) is 0 Å². The summed E-state index contributed by atoms with van der Waals surface area (Å²) < 4.78 is 10.9. The molecule has 2 aromatic rings. The van der Waals surface area contributed by atoms with Gasteiger partial charge in [-0.1, -0.05) is 0 Å². The SMILES string of the molecule is CN=C(NCCCc1cc2c(OC)cc(OC)cc2[nH]1)NCC1CCCN(C)C1. The molecular formula is C22H35N5O2. The summed E-state index contributed by atoms with van der Waals surface area (Å²) in [5.41, 5.74) is 2.24. The number of H-pyrrole nitrogens is 1. The van der Waals surface area contributed by atoms with Gasteiger partial charge in [-0.3, -0.25) is 4.99 Å². The molecule has 1 fully saturated rings. The van der Waals surface area contributed by atoms with E-state index in [-0.39, 0.29) is 0 Å². The molecule has 1 aromatic heterocycles. The molecule has 1 aliphatic rings. The number of hydrogen-bond donors (Lipinski definition) is 3. The Hall–Kier alpha value is -2.41. The fraction of sp³-hybridized carbons (Fsp3) is 0.591. The van der Waals surface area contributed by atoms with Crippen LogP contribution in [0, 0.1) is 5.92 Å². The minimum Gasteiger partial charge on any atom is -0.497 e. The topological polar surface area (TPSA) is 73.9 Å². The van der Waals surface area contributed by atoms with Crippen LogP contribution in [0.4, 0.5) is 0 Å². The van der Waals surface area contributed by atoms with Gasteiger partial charge in [-0.15, -0.1) is 0 Å². The predicted octanol–water partition coefficient (Wildman–Crippen LogP) is 2.62. The summed E-state index contributed by atoms with van der Waals surface area (Å²) in [6, 6.07) is 6.09. The lowest BCUT2D eigenvalue weighted by Gasteiger charge is -2.30. The molecule has 3 N–H and O–H groups in total. The van der Waals surface area contributed by atoms with E-state index in [4.69, 9.17) is 9.47 Å². The van der Waals surface area contributed by atoms with Crippen molar-refractivity contribution < 1.29 is 9.47 Å². The molecule has 29 heavy (non-hydrogen) atoms. The number of guanidine groups is 1. The molecule has 1 atom stereocenters. The van der Waals surface area contributed by atoms with Gasteiger partial charge < -0.3 is 30.0 Å². The van der Waals surface area contributed by atoms with Crippen molar-refractivity contribution >= 4 is 16.9 Å². The van der Waals surface area contributed by atoms with Crippen molar-refractivity contribution in [3.8, 4) is 11.5 Å². The van der Waals surface area contributed by atoms with E-state index in [9.17, 15) is 0 Å². The molecule has 0 saturated carbocycles. The number of likely N-dealkylation sites (tertiary alicyclic amines) is 1. The highest BCUT2D eigenvalue weighted by atomic mass is 16.5. The minimum absolute atomic E-state index is 0.700. The number of aryl methyl sites for hydroxylation is 1. The Labute approximate surface area is 173 Å². The number of aliphatic imine (C=N–C) groups is 1. The fourth-order valence-corrected chi connectivity index (χ4v) is 4.05. The number of aromatic amines is 1. The van der Waals surface area contributed by atoms with Crippen LogP contribution in [0.2, 0.25) is 0 Å². The van der Waals surface area contributed by atoms with Crippen LogP contribution in [0.3, 0.4) is 0 Å². The van der Waals surface area contributed by atoms with Crippen LogP contribution in [0.1, 0.15) is 25.0 Å². The summed E-state index contributed by atoms with van der Waals surface area (Å²) >= 11 is 0. The Kier molecular flexibility index (Phi) is 7.63. The van der Waals surface area contributed by atoms with Crippen molar-refractivity contribution in [1.82, 2.24) is 20.5 Å². The molecule has 1 aromatic carbocycles. The average molecular weight is 402 g/mol. The second-order valence-electron chi connectivity index (χ2n) is 7.84. The van der Waals surface area contributed by atoms with Gasteiger partial charge in [-0.05, 0) is 51.3 Å². The van der Waals surface area contributed by atoms with Gasteiger partial charge in [-0.2, -0.15) is 0 Å². The van der Waals surface area contributed by atoms with Crippen molar-refractivity contribution in [3.05, 3.63) is 23.9 Å². The Bertz CT molecular complexity index is 817. The quantitative estimate of drug-likeness (QED) is 0.360. The Morgan fingerprint density at radius 2 is 2.10 bits per heavy atom. The Balaban J connectivity index is 1.45. The first-order valence-corrected chi connectivity index (χ1v) is 10.5. The standard InChI is InChI=1S/C22H35N5O2/c1-23-22(25-14-16-7-6-10-27(2)15-16)24-9-5-8-17-11-19-20(26-17)12-18(28-3)13-21(19)29-4/h11-13,16,26H,5-10,14-15H2,1-4H3,(H2,23,24,25). The summed E-state index contributed by atoms with van der Waals surface area (Å²) in [5, 5.41) is 8.00. The van der Waals surface area contributed by atoms with E-state index in [1.54, 1.807) is 14.2 Å². The van der Waals surface area contributed by atoms with E-state index in [1.165, 1.54) is 31.6 Å². The first kappa shape index (κ1) is 21.3. The van der Waals surface area contributed by atoms with Gasteiger partial charge in [0.05, 0.1) is 19.7 Å². The summed E-state index contributed by atoms with van der Waals surface area (Å²) in [4.78, 5) is 10.2. The molecule has 7 nitrogen and oxygen atoms in total. The van der Waals surface area contributed by atoms with E-state index in [0.29, 0.717) is 5.92 Å².